The molecule has 0 bridgehead atoms. The summed E-state index contributed by atoms with van der Waals surface area (Å²) in [5.74, 6) is 1.46. The second kappa shape index (κ2) is 6.66. The summed E-state index contributed by atoms with van der Waals surface area (Å²) in [5.41, 5.74) is 1.31. The van der Waals surface area contributed by atoms with Gasteiger partial charge in [-0.3, -0.25) is 14.6 Å². The molecule has 0 saturated heterocycles. The molecule has 1 fully saturated rings. The van der Waals surface area contributed by atoms with Crippen molar-refractivity contribution in [2.45, 2.75) is 44.8 Å². The standard InChI is InChI=1S/C17H23N5O/c1-2-14(3-1)11-21-12-15-4-6-20-22(15)9-5-16(21)13-23-17-10-18-7-8-19-17/h4,6-8,10,14,16H,1-3,5,9,11-13H2/t16-/m1/s1. The summed E-state index contributed by atoms with van der Waals surface area (Å²) in [7, 11) is 0. The molecule has 2 aromatic rings. The molecule has 2 aromatic heterocycles. The molecule has 122 valence electrons. The highest BCUT2D eigenvalue weighted by Gasteiger charge is 2.29. The lowest BCUT2D eigenvalue weighted by atomic mass is 9.84. The highest BCUT2D eigenvalue weighted by atomic mass is 16.5. The van der Waals surface area contributed by atoms with E-state index in [2.05, 4.69) is 30.7 Å². The van der Waals surface area contributed by atoms with Gasteiger partial charge in [0.15, 0.2) is 0 Å². The van der Waals surface area contributed by atoms with Crippen LogP contribution in [0.5, 0.6) is 5.88 Å². The van der Waals surface area contributed by atoms with Crippen LogP contribution in [0.4, 0.5) is 0 Å². The van der Waals surface area contributed by atoms with Gasteiger partial charge < -0.3 is 4.74 Å². The van der Waals surface area contributed by atoms with Crippen molar-refractivity contribution in [2.24, 2.45) is 5.92 Å². The lowest BCUT2D eigenvalue weighted by Crippen LogP contribution is -2.42. The first-order chi connectivity index (χ1) is 11.4. The molecule has 2 aliphatic rings. The Hall–Kier alpha value is -1.95. The number of hydrogen-bond acceptors (Lipinski definition) is 5. The van der Waals surface area contributed by atoms with E-state index in [4.69, 9.17) is 4.74 Å². The monoisotopic (exact) mass is 313 g/mol. The zero-order valence-electron chi connectivity index (χ0n) is 13.3. The molecule has 0 amide bonds. The number of rotatable bonds is 5. The third-order valence-electron chi connectivity index (χ3n) is 5.04. The van der Waals surface area contributed by atoms with Gasteiger partial charge in [0, 0.05) is 44.3 Å². The lowest BCUT2D eigenvalue weighted by Gasteiger charge is -2.35. The van der Waals surface area contributed by atoms with Crippen LogP contribution in [-0.4, -0.2) is 43.8 Å². The molecule has 4 rings (SSSR count). The Kier molecular flexibility index (Phi) is 4.24. The first-order valence-corrected chi connectivity index (χ1v) is 8.52. The number of fused-ring (bicyclic) bond motifs is 1. The van der Waals surface area contributed by atoms with E-state index in [-0.39, 0.29) is 0 Å². The third-order valence-corrected chi connectivity index (χ3v) is 5.04. The van der Waals surface area contributed by atoms with Crippen molar-refractivity contribution in [2.75, 3.05) is 13.2 Å². The predicted molar refractivity (Wildman–Crippen MR) is 85.9 cm³/mol. The van der Waals surface area contributed by atoms with Crippen LogP contribution in [0.3, 0.4) is 0 Å². The molecular formula is C17H23N5O. The summed E-state index contributed by atoms with van der Waals surface area (Å²) in [6.07, 6.45) is 12.1. The molecule has 0 spiro atoms. The van der Waals surface area contributed by atoms with E-state index < -0.39 is 0 Å². The Balaban J connectivity index is 1.45. The van der Waals surface area contributed by atoms with Crippen LogP contribution < -0.4 is 4.74 Å². The minimum Gasteiger partial charge on any atom is -0.475 e. The first-order valence-electron chi connectivity index (χ1n) is 8.52. The molecule has 0 unspecified atom stereocenters. The maximum absolute atomic E-state index is 5.89. The van der Waals surface area contributed by atoms with E-state index in [1.807, 2.05) is 6.20 Å². The van der Waals surface area contributed by atoms with Crippen molar-refractivity contribution in [3.8, 4) is 5.88 Å². The Labute approximate surface area is 136 Å². The van der Waals surface area contributed by atoms with Crippen molar-refractivity contribution in [3.05, 3.63) is 36.5 Å². The second-order valence-electron chi connectivity index (χ2n) is 6.57. The Bertz CT molecular complexity index is 625. The van der Waals surface area contributed by atoms with E-state index in [9.17, 15) is 0 Å². The quantitative estimate of drug-likeness (QED) is 0.846. The maximum atomic E-state index is 5.89. The van der Waals surface area contributed by atoms with Crippen molar-refractivity contribution < 1.29 is 4.74 Å². The van der Waals surface area contributed by atoms with Gasteiger partial charge >= 0.3 is 0 Å². The van der Waals surface area contributed by atoms with Gasteiger partial charge in [0.2, 0.25) is 5.88 Å². The number of aryl methyl sites for hydroxylation is 1. The molecule has 23 heavy (non-hydrogen) atoms. The largest absolute Gasteiger partial charge is 0.475 e. The highest BCUT2D eigenvalue weighted by Crippen LogP contribution is 2.29. The van der Waals surface area contributed by atoms with Gasteiger partial charge in [-0.05, 0) is 31.2 Å². The normalized spacial score (nSPS) is 22.2. The van der Waals surface area contributed by atoms with Gasteiger partial charge in [-0.25, -0.2) is 4.98 Å². The van der Waals surface area contributed by atoms with Crippen LogP contribution in [-0.2, 0) is 13.1 Å². The topological polar surface area (TPSA) is 56.1 Å². The Morgan fingerprint density at radius 3 is 2.91 bits per heavy atom. The first kappa shape index (κ1) is 14.6. The molecule has 0 radical (unpaired) electrons. The van der Waals surface area contributed by atoms with Crippen molar-refractivity contribution in [1.82, 2.24) is 24.6 Å². The molecule has 1 aliphatic heterocycles. The van der Waals surface area contributed by atoms with Gasteiger partial charge in [0.05, 0.1) is 11.9 Å². The van der Waals surface area contributed by atoms with Gasteiger partial charge in [0.1, 0.15) is 6.61 Å². The zero-order valence-corrected chi connectivity index (χ0v) is 13.3. The summed E-state index contributed by atoms with van der Waals surface area (Å²) in [6, 6.07) is 2.54. The van der Waals surface area contributed by atoms with Crippen LogP contribution in [0.25, 0.3) is 0 Å². The van der Waals surface area contributed by atoms with Crippen LogP contribution in [0, 0.1) is 5.92 Å². The summed E-state index contributed by atoms with van der Waals surface area (Å²) in [5, 5.41) is 4.44. The predicted octanol–water partition coefficient (Wildman–Crippen LogP) is 2.13. The van der Waals surface area contributed by atoms with Crippen molar-refractivity contribution in [3.63, 3.8) is 0 Å². The van der Waals surface area contributed by atoms with E-state index in [1.165, 1.54) is 31.5 Å². The minimum atomic E-state index is 0.402. The molecule has 1 atom stereocenters. The van der Waals surface area contributed by atoms with Crippen molar-refractivity contribution in [1.29, 1.82) is 0 Å². The van der Waals surface area contributed by atoms with Gasteiger partial charge in [-0.15, -0.1) is 0 Å². The number of nitrogens with zero attached hydrogens (tertiary/aromatic N) is 5. The minimum absolute atomic E-state index is 0.402. The summed E-state index contributed by atoms with van der Waals surface area (Å²) in [6.45, 7) is 3.75. The van der Waals surface area contributed by atoms with Crippen molar-refractivity contribution >= 4 is 0 Å². The van der Waals surface area contributed by atoms with E-state index in [0.717, 1.165) is 25.4 Å². The van der Waals surface area contributed by atoms with Crippen LogP contribution in [0.15, 0.2) is 30.9 Å². The summed E-state index contributed by atoms with van der Waals surface area (Å²) >= 11 is 0. The lowest BCUT2D eigenvalue weighted by molar-refractivity contribution is 0.0871. The van der Waals surface area contributed by atoms with E-state index >= 15 is 0 Å². The fourth-order valence-electron chi connectivity index (χ4n) is 3.44. The fraction of sp³-hybridized carbons (Fsp3) is 0.588. The van der Waals surface area contributed by atoms with Gasteiger partial charge in [-0.2, -0.15) is 5.10 Å². The average molecular weight is 313 g/mol. The molecule has 1 aliphatic carbocycles. The maximum Gasteiger partial charge on any atom is 0.232 e. The smallest absolute Gasteiger partial charge is 0.232 e. The zero-order chi connectivity index (χ0) is 15.5. The fourth-order valence-corrected chi connectivity index (χ4v) is 3.44. The number of aromatic nitrogens is 4. The van der Waals surface area contributed by atoms with E-state index in [1.54, 1.807) is 18.6 Å². The molecule has 3 heterocycles. The number of ether oxygens (including phenoxy) is 1. The van der Waals surface area contributed by atoms with Crippen LogP contribution in [0.2, 0.25) is 0 Å². The molecule has 0 aromatic carbocycles. The Morgan fingerprint density at radius 1 is 1.17 bits per heavy atom. The number of hydrogen-bond donors (Lipinski definition) is 0. The van der Waals surface area contributed by atoms with Gasteiger partial charge in [0.25, 0.3) is 0 Å². The second-order valence-corrected chi connectivity index (χ2v) is 6.57. The SMILES string of the molecule is c1cnc(OC[C@H]2CCn3nccc3CN2CC2CCC2)cn1. The summed E-state index contributed by atoms with van der Waals surface area (Å²) in [4.78, 5) is 10.9. The summed E-state index contributed by atoms with van der Waals surface area (Å²) < 4.78 is 8.03. The third kappa shape index (κ3) is 3.37. The average Bonchev–Trinajstić information content (AvgIpc) is 2.91. The molecule has 6 heteroatoms. The molecule has 1 saturated carbocycles. The van der Waals surface area contributed by atoms with Gasteiger partial charge in [-0.1, -0.05) is 6.42 Å². The molecule has 6 nitrogen and oxygen atoms in total. The molecular weight excluding hydrogens is 290 g/mol. The van der Waals surface area contributed by atoms with E-state index in [0.29, 0.717) is 18.5 Å². The Morgan fingerprint density at radius 2 is 2.13 bits per heavy atom. The van der Waals surface area contributed by atoms with Crippen LogP contribution in [0.1, 0.15) is 31.4 Å². The molecule has 0 N–H and O–H groups in total. The highest BCUT2D eigenvalue weighted by molar-refractivity contribution is 5.04. The van der Waals surface area contributed by atoms with Crippen LogP contribution >= 0.6 is 0 Å².